The van der Waals surface area contributed by atoms with Crippen molar-refractivity contribution in [3.05, 3.63) is 84.2 Å². The molecule has 5 rings (SSSR count). The Morgan fingerprint density at radius 3 is 2.36 bits per heavy atom. The zero-order valence-electron chi connectivity index (χ0n) is 24.2. The SMILES string of the molecule is CCc1cc(OC)ccc1N1/C(=N/N=C/c2ccc(-c3ncn(-c4ccc(OC(F)(F)C(F)(F)F)cc4)n3)cc2)SCC1(C)O. The topological polar surface area (TPSA) is 97.4 Å². The number of amidine groups is 1. The molecule has 0 spiro atoms. The second-order valence-corrected chi connectivity index (χ2v) is 11.0. The predicted molar refractivity (Wildman–Crippen MR) is 161 cm³/mol. The molecule has 236 valence electrons. The lowest BCUT2D eigenvalue weighted by atomic mass is 10.1. The lowest BCUT2D eigenvalue weighted by molar-refractivity contribution is -0.360. The number of alkyl halides is 5. The molecule has 1 unspecified atom stereocenters. The van der Waals surface area contributed by atoms with E-state index in [4.69, 9.17) is 4.74 Å². The Balaban J connectivity index is 1.27. The van der Waals surface area contributed by atoms with E-state index in [-0.39, 0.29) is 0 Å². The Morgan fingerprint density at radius 1 is 1.02 bits per heavy atom. The predicted octanol–water partition coefficient (Wildman–Crippen LogP) is 6.69. The molecule has 1 atom stereocenters. The maximum absolute atomic E-state index is 13.1. The van der Waals surface area contributed by atoms with Crippen LogP contribution in [0.25, 0.3) is 17.1 Å². The lowest BCUT2D eigenvalue weighted by Gasteiger charge is -2.32. The summed E-state index contributed by atoms with van der Waals surface area (Å²) >= 11 is 1.40. The van der Waals surface area contributed by atoms with Crippen molar-refractivity contribution in [1.29, 1.82) is 0 Å². The quantitative estimate of drug-likeness (QED) is 0.123. The maximum Gasteiger partial charge on any atom is 0.499 e. The van der Waals surface area contributed by atoms with Gasteiger partial charge < -0.3 is 14.6 Å². The largest absolute Gasteiger partial charge is 0.499 e. The maximum atomic E-state index is 13.1. The number of aryl methyl sites for hydroxylation is 1. The highest BCUT2D eigenvalue weighted by atomic mass is 32.2. The highest BCUT2D eigenvalue weighted by Gasteiger charge is 2.61. The number of ether oxygens (including phenoxy) is 2. The Kier molecular flexibility index (Phi) is 8.85. The van der Waals surface area contributed by atoms with Crippen LogP contribution >= 0.6 is 11.8 Å². The summed E-state index contributed by atoms with van der Waals surface area (Å²) in [4.78, 5) is 6.03. The van der Waals surface area contributed by atoms with Gasteiger partial charge >= 0.3 is 12.3 Å². The number of benzene rings is 3. The Bertz CT molecular complexity index is 1710. The van der Waals surface area contributed by atoms with Crippen LogP contribution in [0.1, 0.15) is 25.0 Å². The van der Waals surface area contributed by atoms with Gasteiger partial charge in [0.15, 0.2) is 16.7 Å². The number of hydrogen-bond acceptors (Lipinski definition) is 8. The standard InChI is InChI=1S/C30H27F5N6O3S/c1-4-20-15-24(43-3)13-14-25(20)41-27(45-17-28(41,2)42)38-37-16-19-5-7-21(8-6-19)26-36-18-40(39-26)22-9-11-23(12-10-22)44-30(34,35)29(31,32)33/h5-16,18,42H,4,17H2,1-3H3/b37-16+,38-27-. The van der Waals surface area contributed by atoms with Crippen molar-refractivity contribution in [2.24, 2.45) is 10.2 Å². The highest BCUT2D eigenvalue weighted by Crippen LogP contribution is 2.39. The first-order valence-electron chi connectivity index (χ1n) is 13.5. The van der Waals surface area contributed by atoms with Crippen molar-refractivity contribution >= 4 is 28.8 Å². The minimum absolute atomic E-state index is 0.356. The second-order valence-electron chi connectivity index (χ2n) is 10.1. The molecule has 0 amide bonds. The number of rotatable bonds is 9. The van der Waals surface area contributed by atoms with E-state index in [1.54, 1.807) is 49.4 Å². The molecule has 1 aliphatic rings. The number of halogens is 5. The summed E-state index contributed by atoms with van der Waals surface area (Å²) in [6, 6.07) is 17.3. The van der Waals surface area contributed by atoms with Crippen LogP contribution in [-0.2, 0) is 6.42 Å². The summed E-state index contributed by atoms with van der Waals surface area (Å²) in [5.74, 6) is 0.844. The van der Waals surface area contributed by atoms with Gasteiger partial charge in [0.1, 0.15) is 17.8 Å². The highest BCUT2D eigenvalue weighted by molar-refractivity contribution is 8.14. The number of aromatic nitrogens is 3. The Hall–Kier alpha value is -4.50. The second kappa shape index (κ2) is 12.5. The van der Waals surface area contributed by atoms with Gasteiger partial charge in [0, 0.05) is 17.0 Å². The third-order valence-corrected chi connectivity index (χ3v) is 7.96. The molecule has 0 radical (unpaired) electrons. The summed E-state index contributed by atoms with van der Waals surface area (Å²) < 4.78 is 74.0. The van der Waals surface area contributed by atoms with E-state index in [2.05, 4.69) is 25.0 Å². The molecule has 0 aliphatic carbocycles. The molecule has 9 nitrogen and oxygen atoms in total. The average Bonchev–Trinajstić information content (AvgIpc) is 3.61. The number of nitrogens with zero attached hydrogens (tertiary/aromatic N) is 6. The number of aliphatic hydroxyl groups is 1. The van der Waals surface area contributed by atoms with Crippen molar-refractivity contribution < 1.29 is 36.5 Å². The van der Waals surface area contributed by atoms with Crippen molar-refractivity contribution in [1.82, 2.24) is 14.8 Å². The lowest BCUT2D eigenvalue weighted by Crippen LogP contribution is -2.45. The van der Waals surface area contributed by atoms with Crippen LogP contribution in [0.3, 0.4) is 0 Å². The van der Waals surface area contributed by atoms with E-state index in [0.717, 1.165) is 41.1 Å². The number of anilines is 1. The number of methoxy groups -OCH3 is 1. The van der Waals surface area contributed by atoms with E-state index >= 15 is 0 Å². The van der Waals surface area contributed by atoms with Crippen molar-refractivity contribution in [3.63, 3.8) is 0 Å². The zero-order chi connectivity index (χ0) is 32.4. The fourth-order valence-electron chi connectivity index (χ4n) is 4.42. The smallest absolute Gasteiger partial charge is 0.497 e. The number of hydrogen-bond donors (Lipinski definition) is 1. The normalized spacial score (nSPS) is 18.2. The molecule has 3 aromatic carbocycles. The van der Waals surface area contributed by atoms with Crippen molar-refractivity contribution in [2.45, 2.75) is 38.3 Å². The molecule has 1 fully saturated rings. The molecule has 1 aliphatic heterocycles. The third kappa shape index (κ3) is 6.93. The molecular weight excluding hydrogens is 619 g/mol. The molecule has 1 N–H and O–H groups in total. The van der Waals surface area contributed by atoms with E-state index in [0.29, 0.717) is 28.0 Å². The van der Waals surface area contributed by atoms with Crippen molar-refractivity contribution in [2.75, 3.05) is 17.8 Å². The Labute approximate surface area is 259 Å². The van der Waals surface area contributed by atoms with E-state index < -0.39 is 23.8 Å². The van der Waals surface area contributed by atoms with Gasteiger partial charge in [-0.3, -0.25) is 4.90 Å². The van der Waals surface area contributed by atoms with Crippen LogP contribution in [0, 0.1) is 0 Å². The summed E-state index contributed by atoms with van der Waals surface area (Å²) in [5.41, 5.74) is 2.45. The van der Waals surface area contributed by atoms with Crippen LogP contribution in [0.5, 0.6) is 11.5 Å². The minimum Gasteiger partial charge on any atom is -0.497 e. The van der Waals surface area contributed by atoms with Gasteiger partial charge in [-0.25, -0.2) is 9.67 Å². The van der Waals surface area contributed by atoms with Gasteiger partial charge in [-0.15, -0.1) is 10.2 Å². The van der Waals surface area contributed by atoms with Crippen LogP contribution in [0.15, 0.2) is 83.3 Å². The summed E-state index contributed by atoms with van der Waals surface area (Å²) in [5, 5.41) is 24.6. The molecule has 45 heavy (non-hydrogen) atoms. The number of thioether (sulfide) groups is 1. The molecule has 0 saturated carbocycles. The van der Waals surface area contributed by atoms with Crippen LogP contribution in [0.4, 0.5) is 27.6 Å². The first-order chi connectivity index (χ1) is 21.3. The molecule has 1 aromatic heterocycles. The molecule has 0 bridgehead atoms. The van der Waals surface area contributed by atoms with E-state index in [1.807, 2.05) is 25.1 Å². The molecule has 4 aromatic rings. The molecule has 1 saturated heterocycles. The zero-order valence-corrected chi connectivity index (χ0v) is 25.0. The molecule has 2 heterocycles. The fourth-order valence-corrected chi connectivity index (χ4v) is 5.48. The van der Waals surface area contributed by atoms with Crippen LogP contribution in [0.2, 0.25) is 0 Å². The first kappa shape index (κ1) is 31.9. The monoisotopic (exact) mass is 646 g/mol. The average molecular weight is 647 g/mol. The van der Waals surface area contributed by atoms with Crippen LogP contribution in [-0.4, -0.2) is 62.1 Å². The van der Waals surface area contributed by atoms with Gasteiger partial charge in [-0.05, 0) is 66.9 Å². The van der Waals surface area contributed by atoms with Crippen LogP contribution < -0.4 is 14.4 Å². The summed E-state index contributed by atoms with van der Waals surface area (Å²) in [7, 11) is 1.61. The van der Waals surface area contributed by atoms with E-state index in [9.17, 15) is 27.1 Å². The Morgan fingerprint density at radius 2 is 1.71 bits per heavy atom. The van der Waals surface area contributed by atoms with Crippen molar-refractivity contribution in [3.8, 4) is 28.6 Å². The summed E-state index contributed by atoms with van der Waals surface area (Å²) in [6.45, 7) is 3.76. The third-order valence-electron chi connectivity index (χ3n) is 6.74. The minimum atomic E-state index is -5.84. The van der Waals surface area contributed by atoms with Gasteiger partial charge in [-0.1, -0.05) is 43.0 Å². The summed E-state index contributed by atoms with van der Waals surface area (Å²) in [6.07, 6.45) is -7.46. The molecule has 15 heteroatoms. The van der Waals surface area contributed by atoms with E-state index in [1.165, 1.54) is 34.9 Å². The van der Waals surface area contributed by atoms with Gasteiger partial charge in [0.25, 0.3) is 0 Å². The molecular formula is C30H27F5N6O3S. The van der Waals surface area contributed by atoms with Gasteiger partial charge in [-0.2, -0.15) is 27.1 Å². The van der Waals surface area contributed by atoms with Gasteiger partial charge in [0.05, 0.1) is 19.0 Å². The first-order valence-corrected chi connectivity index (χ1v) is 14.5. The van der Waals surface area contributed by atoms with Gasteiger partial charge in [0.2, 0.25) is 0 Å². The fraction of sp³-hybridized carbons (Fsp3) is 0.267.